The van der Waals surface area contributed by atoms with Crippen molar-refractivity contribution in [2.45, 2.75) is 46.6 Å². The number of hydrogen-bond donors (Lipinski definition) is 0. The molecule has 14 heteroatoms. The highest BCUT2D eigenvalue weighted by Crippen LogP contribution is 2.59. The molecule has 0 N–H and O–H groups in total. The van der Waals surface area contributed by atoms with E-state index in [1.54, 1.807) is 0 Å². The van der Waals surface area contributed by atoms with E-state index in [0.29, 0.717) is 0 Å². The van der Waals surface area contributed by atoms with Gasteiger partial charge in [-0.2, -0.15) is 57.1 Å². The van der Waals surface area contributed by atoms with E-state index in [2.05, 4.69) is 0 Å². The Balaban J connectivity index is 5.69. The van der Waals surface area contributed by atoms with Gasteiger partial charge >= 0.3 is 33.8 Å². The van der Waals surface area contributed by atoms with E-state index in [4.69, 9.17) is 0 Å². The molecule has 0 aliphatic rings. The smallest absolute Gasteiger partial charge is 0.200 e. The summed E-state index contributed by atoms with van der Waals surface area (Å²) in [4.78, 5) is 0. The SMILES string of the molecule is FC(F)(F)CCC(F)(F)C(F)(F)C(F)(F)C(F)(F)C(F)(F)I. The first-order chi connectivity index (χ1) is 9.21. The van der Waals surface area contributed by atoms with Crippen LogP contribution in [-0.2, 0) is 0 Å². The van der Waals surface area contributed by atoms with Gasteiger partial charge in [-0.25, -0.2) is 0 Å². The maximum Gasteiger partial charge on any atom is 0.389 e. The van der Waals surface area contributed by atoms with Gasteiger partial charge in [-0.05, 0) is 0 Å². The topological polar surface area (TPSA) is 0 Å². The van der Waals surface area contributed by atoms with Crippen LogP contribution in [0, 0.1) is 0 Å². The highest BCUT2D eigenvalue weighted by Gasteiger charge is 2.85. The third-order valence-corrected chi connectivity index (χ3v) is 3.00. The molecule has 134 valence electrons. The predicted octanol–water partition coefficient (Wildman–Crippen LogP) is 5.90. The Labute approximate surface area is 127 Å². The van der Waals surface area contributed by atoms with Gasteiger partial charge in [0.2, 0.25) is 0 Å². The van der Waals surface area contributed by atoms with Crippen molar-refractivity contribution in [1.29, 1.82) is 0 Å². The summed E-state index contributed by atoms with van der Waals surface area (Å²) in [6.45, 7) is 0. The Morgan fingerprint density at radius 1 is 0.500 bits per heavy atom. The standard InChI is InChI=1S/C8H4F13I/c9-3(10,1-2-4(11,12)13)5(14,15)6(16,17)7(18,19)8(20,21)22/h1-2H2. The average Bonchev–Trinajstić information content (AvgIpc) is 2.23. The van der Waals surface area contributed by atoms with Crippen LogP contribution < -0.4 is 0 Å². The lowest BCUT2D eigenvalue weighted by atomic mass is 9.95. The molecule has 0 bridgehead atoms. The summed E-state index contributed by atoms with van der Waals surface area (Å²) in [5.41, 5.74) is 0. The Morgan fingerprint density at radius 2 is 0.864 bits per heavy atom. The second kappa shape index (κ2) is 5.72. The van der Waals surface area contributed by atoms with Gasteiger partial charge in [-0.3, -0.25) is 0 Å². The first-order valence-electron chi connectivity index (χ1n) is 4.85. The lowest BCUT2D eigenvalue weighted by molar-refractivity contribution is -0.388. The van der Waals surface area contributed by atoms with Crippen molar-refractivity contribution in [3.63, 3.8) is 0 Å². The van der Waals surface area contributed by atoms with Crippen LogP contribution in [-0.4, -0.2) is 33.8 Å². The fraction of sp³-hybridized carbons (Fsp3) is 1.00. The molecule has 0 rings (SSSR count). The van der Waals surface area contributed by atoms with Crippen molar-refractivity contribution >= 4 is 22.6 Å². The number of alkyl halides is 14. The van der Waals surface area contributed by atoms with E-state index in [-0.39, 0.29) is 0 Å². The molecule has 0 aliphatic heterocycles. The van der Waals surface area contributed by atoms with Crippen molar-refractivity contribution in [2.75, 3.05) is 0 Å². The molecule has 0 radical (unpaired) electrons. The molecule has 0 saturated heterocycles. The van der Waals surface area contributed by atoms with Crippen LogP contribution in [0.1, 0.15) is 12.8 Å². The summed E-state index contributed by atoms with van der Waals surface area (Å²) in [7, 11) is 0. The predicted molar refractivity (Wildman–Crippen MR) is 54.0 cm³/mol. The molecule has 0 nitrogen and oxygen atoms in total. The van der Waals surface area contributed by atoms with Gasteiger partial charge in [-0.1, -0.05) is 0 Å². The molecule has 0 amide bonds. The van der Waals surface area contributed by atoms with Crippen LogP contribution in [0.4, 0.5) is 57.1 Å². The molecule has 22 heavy (non-hydrogen) atoms. The zero-order valence-electron chi connectivity index (χ0n) is 9.71. The molecule has 0 unspecified atom stereocenters. The average molecular weight is 474 g/mol. The first kappa shape index (κ1) is 21.8. The Kier molecular flexibility index (Phi) is 5.67. The van der Waals surface area contributed by atoms with Gasteiger partial charge in [-0.15, -0.1) is 0 Å². The van der Waals surface area contributed by atoms with E-state index in [0.717, 1.165) is 0 Å². The minimum Gasteiger partial charge on any atom is -0.200 e. The van der Waals surface area contributed by atoms with E-state index in [1.165, 1.54) is 0 Å². The lowest BCUT2D eigenvalue weighted by Crippen LogP contribution is -2.66. The highest BCUT2D eigenvalue weighted by molar-refractivity contribution is 14.1. The minimum absolute atomic E-state index is 0.675. The van der Waals surface area contributed by atoms with E-state index in [9.17, 15) is 57.1 Å². The van der Waals surface area contributed by atoms with Gasteiger partial charge in [0, 0.05) is 35.4 Å². The third kappa shape index (κ3) is 3.83. The van der Waals surface area contributed by atoms with Crippen molar-refractivity contribution in [1.82, 2.24) is 0 Å². The third-order valence-electron chi connectivity index (χ3n) is 2.33. The lowest BCUT2D eigenvalue weighted by Gasteiger charge is -2.38. The summed E-state index contributed by atoms with van der Waals surface area (Å²) < 4.78 is 156. The fourth-order valence-corrected chi connectivity index (χ4v) is 1.40. The molecule has 0 aromatic carbocycles. The molecule has 0 fully saturated rings. The monoisotopic (exact) mass is 474 g/mol. The zero-order valence-corrected chi connectivity index (χ0v) is 11.9. The number of halogens is 14. The van der Waals surface area contributed by atoms with Crippen LogP contribution in [0.25, 0.3) is 0 Å². The Hall–Kier alpha value is -0.180. The van der Waals surface area contributed by atoms with Crippen molar-refractivity contribution in [3.8, 4) is 0 Å². The summed E-state index contributed by atoms with van der Waals surface area (Å²) >= 11 is -0.675. The molecule has 0 heterocycles. The van der Waals surface area contributed by atoms with E-state index < -0.39 is 69.2 Å². The van der Waals surface area contributed by atoms with Gasteiger partial charge in [0.15, 0.2) is 0 Å². The van der Waals surface area contributed by atoms with Gasteiger partial charge in [0.25, 0.3) is 0 Å². The van der Waals surface area contributed by atoms with Gasteiger partial charge in [0.1, 0.15) is 0 Å². The Bertz CT molecular complexity index is 390. The van der Waals surface area contributed by atoms with Crippen LogP contribution in [0.5, 0.6) is 0 Å². The summed E-state index contributed by atoms with van der Waals surface area (Å²) in [6, 6.07) is 0. The van der Waals surface area contributed by atoms with Gasteiger partial charge < -0.3 is 0 Å². The van der Waals surface area contributed by atoms with Crippen molar-refractivity contribution in [3.05, 3.63) is 0 Å². The molecule has 0 aromatic heterocycles. The second-order valence-electron chi connectivity index (χ2n) is 4.04. The molecular formula is C8H4F13I. The normalized spacial score (nSPS) is 16.1. The molecular weight excluding hydrogens is 470 g/mol. The molecule has 0 atom stereocenters. The summed E-state index contributed by atoms with van der Waals surface area (Å²) in [5.74, 6) is -27.7. The van der Waals surface area contributed by atoms with E-state index in [1.807, 2.05) is 0 Å². The molecule has 0 aliphatic carbocycles. The second-order valence-corrected chi connectivity index (χ2v) is 5.40. The van der Waals surface area contributed by atoms with E-state index >= 15 is 0 Å². The largest absolute Gasteiger partial charge is 0.389 e. The molecule has 0 spiro atoms. The maximum absolute atomic E-state index is 12.9. The summed E-state index contributed by atoms with van der Waals surface area (Å²) in [6.07, 6.45) is -11.2. The van der Waals surface area contributed by atoms with Crippen molar-refractivity contribution in [2.24, 2.45) is 0 Å². The zero-order chi connectivity index (χ0) is 18.4. The van der Waals surface area contributed by atoms with Crippen LogP contribution in [0.3, 0.4) is 0 Å². The van der Waals surface area contributed by atoms with Gasteiger partial charge in [0.05, 0.1) is 0 Å². The number of hydrogen-bond acceptors (Lipinski definition) is 0. The molecule has 0 aromatic rings. The summed E-state index contributed by atoms with van der Waals surface area (Å²) in [5, 5.41) is 0. The minimum atomic E-state index is -7.31. The van der Waals surface area contributed by atoms with Crippen LogP contribution in [0.2, 0.25) is 0 Å². The van der Waals surface area contributed by atoms with Crippen molar-refractivity contribution < 1.29 is 57.1 Å². The highest BCUT2D eigenvalue weighted by atomic mass is 127. The molecule has 0 saturated carbocycles. The quantitative estimate of drug-likeness (QED) is 0.256. The number of rotatable bonds is 6. The Morgan fingerprint density at radius 3 is 1.14 bits per heavy atom. The fourth-order valence-electron chi connectivity index (χ4n) is 1.06. The first-order valence-corrected chi connectivity index (χ1v) is 5.93. The van der Waals surface area contributed by atoms with Crippen LogP contribution >= 0.6 is 22.6 Å². The maximum atomic E-state index is 12.9. The van der Waals surface area contributed by atoms with Crippen LogP contribution in [0.15, 0.2) is 0 Å².